The lowest BCUT2D eigenvalue weighted by molar-refractivity contribution is -0.173. The van der Waals surface area contributed by atoms with Gasteiger partial charge in [0.05, 0.1) is 13.5 Å². The Kier molecular flexibility index (Phi) is 6.68. The van der Waals surface area contributed by atoms with Crippen molar-refractivity contribution in [2.75, 3.05) is 20.2 Å². The zero-order valence-electron chi connectivity index (χ0n) is 12.0. The minimum atomic E-state index is -4.88. The molecule has 0 unspecified atom stereocenters. The van der Waals surface area contributed by atoms with E-state index in [0.717, 1.165) is 5.56 Å². The van der Waals surface area contributed by atoms with Gasteiger partial charge >= 0.3 is 12.1 Å². The van der Waals surface area contributed by atoms with Crippen LogP contribution in [0.3, 0.4) is 0 Å². The summed E-state index contributed by atoms with van der Waals surface area (Å²) in [6.07, 6.45) is -4.49. The number of halogens is 3. The van der Waals surface area contributed by atoms with Gasteiger partial charge in [0.25, 0.3) is 0 Å². The highest BCUT2D eigenvalue weighted by Crippen LogP contribution is 2.13. The molecule has 0 atom stereocenters. The van der Waals surface area contributed by atoms with Gasteiger partial charge in [-0.15, -0.1) is 0 Å². The normalized spacial score (nSPS) is 10.9. The van der Waals surface area contributed by atoms with E-state index in [-0.39, 0.29) is 31.8 Å². The summed E-state index contributed by atoms with van der Waals surface area (Å²) in [7, 11) is 1.54. The summed E-state index contributed by atoms with van der Waals surface area (Å²) in [5, 5.41) is 4.30. The molecule has 0 saturated heterocycles. The molecule has 2 N–H and O–H groups in total. The molecule has 2 amide bonds. The van der Waals surface area contributed by atoms with Crippen molar-refractivity contribution in [3.63, 3.8) is 0 Å². The van der Waals surface area contributed by atoms with Gasteiger partial charge in [-0.25, -0.2) is 0 Å². The van der Waals surface area contributed by atoms with Gasteiger partial charge in [0, 0.05) is 13.1 Å². The lowest BCUT2D eigenvalue weighted by atomic mass is 10.1. The van der Waals surface area contributed by atoms with Crippen LogP contribution < -0.4 is 15.4 Å². The molecule has 8 heteroatoms. The summed E-state index contributed by atoms with van der Waals surface area (Å²) in [5.41, 5.74) is 0.795. The molecule has 1 aromatic rings. The van der Waals surface area contributed by atoms with E-state index >= 15 is 0 Å². The molecular weight excluding hydrogens is 301 g/mol. The SMILES string of the molecule is COc1ccc(CC(=O)NCCCNC(=O)C(F)(F)F)cc1. The molecule has 0 radical (unpaired) electrons. The zero-order chi connectivity index (χ0) is 16.6. The molecule has 1 rings (SSSR count). The van der Waals surface area contributed by atoms with Crippen molar-refractivity contribution in [1.29, 1.82) is 0 Å². The van der Waals surface area contributed by atoms with Gasteiger partial charge in [0.2, 0.25) is 5.91 Å². The van der Waals surface area contributed by atoms with E-state index in [4.69, 9.17) is 4.74 Å². The second-order valence-corrected chi connectivity index (χ2v) is 4.48. The Bertz CT molecular complexity index is 501. The van der Waals surface area contributed by atoms with Crippen LogP contribution in [0.5, 0.6) is 5.75 Å². The first-order chi connectivity index (χ1) is 10.3. The van der Waals surface area contributed by atoms with Crippen LogP contribution in [0.4, 0.5) is 13.2 Å². The van der Waals surface area contributed by atoms with Crippen LogP contribution in [-0.4, -0.2) is 38.2 Å². The van der Waals surface area contributed by atoms with Crippen molar-refractivity contribution in [1.82, 2.24) is 10.6 Å². The number of benzene rings is 1. The van der Waals surface area contributed by atoms with Gasteiger partial charge in [-0.1, -0.05) is 12.1 Å². The maximum absolute atomic E-state index is 11.9. The van der Waals surface area contributed by atoms with E-state index in [2.05, 4.69) is 5.32 Å². The summed E-state index contributed by atoms with van der Waals surface area (Å²) in [6, 6.07) is 6.97. The predicted octanol–water partition coefficient (Wildman–Crippen LogP) is 1.42. The van der Waals surface area contributed by atoms with E-state index in [9.17, 15) is 22.8 Å². The molecule has 0 aliphatic rings. The molecule has 5 nitrogen and oxygen atoms in total. The molecule has 0 aromatic heterocycles. The monoisotopic (exact) mass is 318 g/mol. The van der Waals surface area contributed by atoms with Crippen LogP contribution in [-0.2, 0) is 16.0 Å². The molecular formula is C14H17F3N2O3. The third-order valence-electron chi connectivity index (χ3n) is 2.74. The minimum Gasteiger partial charge on any atom is -0.497 e. The Morgan fingerprint density at radius 1 is 1.09 bits per heavy atom. The summed E-state index contributed by atoms with van der Waals surface area (Å²) in [5.74, 6) is -1.53. The van der Waals surface area contributed by atoms with Crippen molar-refractivity contribution in [3.05, 3.63) is 29.8 Å². The predicted molar refractivity (Wildman–Crippen MR) is 73.4 cm³/mol. The number of carbonyl (C=O) groups is 2. The maximum atomic E-state index is 11.9. The van der Waals surface area contributed by atoms with E-state index in [1.807, 2.05) is 0 Å². The molecule has 1 aromatic carbocycles. The third kappa shape index (κ3) is 6.47. The maximum Gasteiger partial charge on any atom is 0.471 e. The number of alkyl halides is 3. The van der Waals surface area contributed by atoms with Crippen molar-refractivity contribution in [2.45, 2.75) is 19.0 Å². The fourth-order valence-corrected chi connectivity index (χ4v) is 1.61. The molecule has 0 heterocycles. The van der Waals surface area contributed by atoms with E-state index in [0.29, 0.717) is 5.75 Å². The van der Waals surface area contributed by atoms with Gasteiger partial charge < -0.3 is 15.4 Å². The van der Waals surface area contributed by atoms with Gasteiger partial charge in [0.15, 0.2) is 0 Å². The van der Waals surface area contributed by atoms with Crippen LogP contribution in [0.25, 0.3) is 0 Å². The average Bonchev–Trinajstić information content (AvgIpc) is 2.46. The molecule has 22 heavy (non-hydrogen) atoms. The zero-order valence-corrected chi connectivity index (χ0v) is 12.0. The fourth-order valence-electron chi connectivity index (χ4n) is 1.61. The van der Waals surface area contributed by atoms with Gasteiger partial charge in [0.1, 0.15) is 5.75 Å². The Labute approximate surface area is 125 Å². The van der Waals surface area contributed by atoms with E-state index in [1.165, 1.54) is 0 Å². The van der Waals surface area contributed by atoms with Crippen LogP contribution in [0, 0.1) is 0 Å². The number of hydrogen-bond donors (Lipinski definition) is 2. The van der Waals surface area contributed by atoms with Crippen molar-refractivity contribution < 1.29 is 27.5 Å². The second-order valence-electron chi connectivity index (χ2n) is 4.48. The number of nitrogens with one attached hydrogen (secondary N) is 2. The van der Waals surface area contributed by atoms with Crippen LogP contribution in [0.2, 0.25) is 0 Å². The first-order valence-electron chi connectivity index (χ1n) is 6.57. The largest absolute Gasteiger partial charge is 0.497 e. The minimum absolute atomic E-state index is 0.152. The lowest BCUT2D eigenvalue weighted by Gasteiger charge is -2.08. The Morgan fingerprint density at radius 3 is 2.23 bits per heavy atom. The molecule has 0 aliphatic carbocycles. The highest BCUT2D eigenvalue weighted by atomic mass is 19.4. The van der Waals surface area contributed by atoms with Crippen molar-refractivity contribution >= 4 is 11.8 Å². The van der Waals surface area contributed by atoms with Gasteiger partial charge in [-0.2, -0.15) is 13.2 Å². The van der Waals surface area contributed by atoms with Gasteiger partial charge in [-0.3, -0.25) is 9.59 Å². The molecule has 0 aliphatic heterocycles. The highest BCUT2D eigenvalue weighted by Gasteiger charge is 2.38. The van der Waals surface area contributed by atoms with Crippen LogP contribution >= 0.6 is 0 Å². The lowest BCUT2D eigenvalue weighted by Crippen LogP contribution is -2.38. The quantitative estimate of drug-likeness (QED) is 0.747. The topological polar surface area (TPSA) is 67.4 Å². The number of methoxy groups -OCH3 is 1. The number of carbonyl (C=O) groups excluding carboxylic acids is 2. The first kappa shape index (κ1) is 17.8. The number of amides is 2. The molecule has 122 valence electrons. The molecule has 0 bridgehead atoms. The third-order valence-corrected chi connectivity index (χ3v) is 2.74. The van der Waals surface area contributed by atoms with Crippen LogP contribution in [0.15, 0.2) is 24.3 Å². The average molecular weight is 318 g/mol. The van der Waals surface area contributed by atoms with E-state index < -0.39 is 12.1 Å². The van der Waals surface area contributed by atoms with Gasteiger partial charge in [-0.05, 0) is 24.1 Å². The molecule has 0 spiro atoms. The number of rotatable bonds is 7. The number of ether oxygens (including phenoxy) is 1. The van der Waals surface area contributed by atoms with E-state index in [1.54, 1.807) is 36.7 Å². The molecule has 0 fully saturated rings. The summed E-state index contributed by atoms with van der Waals surface area (Å²) >= 11 is 0. The van der Waals surface area contributed by atoms with Crippen molar-refractivity contribution in [2.24, 2.45) is 0 Å². The van der Waals surface area contributed by atoms with Crippen LogP contribution in [0.1, 0.15) is 12.0 Å². The first-order valence-corrected chi connectivity index (χ1v) is 6.57. The summed E-state index contributed by atoms with van der Waals surface area (Å²) in [4.78, 5) is 22.1. The summed E-state index contributed by atoms with van der Waals surface area (Å²) < 4.78 is 40.7. The summed E-state index contributed by atoms with van der Waals surface area (Å²) in [6.45, 7) is 0.0360. The fraction of sp³-hybridized carbons (Fsp3) is 0.429. The van der Waals surface area contributed by atoms with Crippen molar-refractivity contribution in [3.8, 4) is 5.75 Å². The Hall–Kier alpha value is -2.25. The Balaban J connectivity index is 2.19. The number of hydrogen-bond acceptors (Lipinski definition) is 3. The highest BCUT2D eigenvalue weighted by molar-refractivity contribution is 5.81. The smallest absolute Gasteiger partial charge is 0.471 e. The Morgan fingerprint density at radius 2 is 1.68 bits per heavy atom. The standard InChI is InChI=1S/C14H17F3N2O3/c1-22-11-5-3-10(4-6-11)9-12(20)18-7-2-8-19-13(21)14(15,16)17/h3-6H,2,7-9H2,1H3,(H,18,20)(H,19,21). The molecule has 0 saturated carbocycles. The second kappa shape index (κ2) is 8.26.